The zero-order valence-electron chi connectivity index (χ0n) is 8.95. The average Bonchev–Trinajstić information content (AvgIpc) is 2.91. The summed E-state index contributed by atoms with van der Waals surface area (Å²) in [6, 6.07) is 3.60. The summed E-state index contributed by atoms with van der Waals surface area (Å²) < 4.78 is 6.10. The normalized spacial score (nSPS) is 16.4. The molecule has 88 valence electrons. The Labute approximate surface area is 102 Å². The second-order valence-corrected chi connectivity index (χ2v) is 4.69. The molecule has 1 fully saturated rings. The number of hydrogen-bond acceptors (Lipinski definition) is 5. The molecule has 6 nitrogen and oxygen atoms in total. The number of oxime groups is 1. The maximum atomic E-state index is 8.70. The molecule has 2 aromatic rings. The molecule has 0 aliphatic heterocycles. The highest BCUT2D eigenvalue weighted by molar-refractivity contribution is 7.08. The molecule has 3 rings (SSSR count). The van der Waals surface area contributed by atoms with E-state index < -0.39 is 0 Å². The molecule has 0 amide bonds. The van der Waals surface area contributed by atoms with Crippen LogP contribution in [0.4, 0.5) is 0 Å². The van der Waals surface area contributed by atoms with Crippen LogP contribution in [0.25, 0.3) is 5.13 Å². The van der Waals surface area contributed by atoms with E-state index in [1.54, 1.807) is 10.6 Å². The monoisotopic (exact) mass is 249 g/mol. The zero-order valence-corrected chi connectivity index (χ0v) is 9.76. The molecule has 2 aromatic heterocycles. The lowest BCUT2D eigenvalue weighted by atomic mass is 10.4. The Morgan fingerprint density at radius 1 is 1.59 bits per heavy atom. The number of hydrogen-bond donors (Lipinski definition) is 2. The van der Waals surface area contributed by atoms with E-state index in [9.17, 15) is 0 Å². The number of amidine groups is 1. The van der Waals surface area contributed by atoms with E-state index in [1.165, 1.54) is 24.4 Å². The van der Waals surface area contributed by atoms with E-state index in [0.29, 0.717) is 11.6 Å². The van der Waals surface area contributed by atoms with Crippen molar-refractivity contribution in [2.45, 2.75) is 18.8 Å². The quantitative estimate of drug-likeness (QED) is 0.371. The Kier molecular flexibility index (Phi) is 2.32. The van der Waals surface area contributed by atoms with Gasteiger partial charge in [0.05, 0.1) is 5.69 Å². The third-order valence-corrected chi connectivity index (χ3v) is 3.43. The molecule has 0 unspecified atom stereocenters. The van der Waals surface area contributed by atoms with Gasteiger partial charge < -0.3 is 10.9 Å². The summed E-state index contributed by atoms with van der Waals surface area (Å²) in [5.74, 6) is 1.50. The molecule has 0 saturated heterocycles. The van der Waals surface area contributed by atoms with Crippen molar-refractivity contribution in [1.29, 1.82) is 0 Å². The van der Waals surface area contributed by atoms with Crippen molar-refractivity contribution >= 4 is 17.4 Å². The van der Waals surface area contributed by atoms with E-state index in [4.69, 9.17) is 10.9 Å². The van der Waals surface area contributed by atoms with E-state index in [0.717, 1.165) is 11.0 Å². The number of rotatable bonds is 3. The van der Waals surface area contributed by atoms with Crippen molar-refractivity contribution in [3.63, 3.8) is 0 Å². The van der Waals surface area contributed by atoms with Crippen LogP contribution in [0.5, 0.6) is 0 Å². The van der Waals surface area contributed by atoms with Crippen molar-refractivity contribution in [3.8, 4) is 5.13 Å². The lowest BCUT2D eigenvalue weighted by Gasteiger charge is -2.02. The van der Waals surface area contributed by atoms with Gasteiger partial charge in [-0.1, -0.05) is 5.16 Å². The highest BCUT2D eigenvalue weighted by Gasteiger charge is 2.28. The van der Waals surface area contributed by atoms with Crippen molar-refractivity contribution < 1.29 is 5.21 Å². The minimum absolute atomic E-state index is 0.0678. The zero-order chi connectivity index (χ0) is 11.8. The second-order valence-electron chi connectivity index (χ2n) is 3.96. The maximum Gasteiger partial charge on any atom is 0.214 e. The Balaban J connectivity index is 1.99. The first-order valence-corrected chi connectivity index (χ1v) is 6.06. The molecule has 3 N–H and O–H groups in total. The maximum absolute atomic E-state index is 8.70. The van der Waals surface area contributed by atoms with E-state index in [2.05, 4.69) is 14.5 Å². The van der Waals surface area contributed by atoms with Gasteiger partial charge in [0, 0.05) is 23.6 Å². The second kappa shape index (κ2) is 3.85. The van der Waals surface area contributed by atoms with E-state index in [-0.39, 0.29) is 5.84 Å². The van der Waals surface area contributed by atoms with Crippen LogP contribution in [0.1, 0.15) is 30.3 Å². The standard InChI is InChI=1S/C10H11N5OS/c11-8(13-16)7-2-1-5-15(7)10-12-9(14-17-10)6-3-4-6/h1-2,5-6,16H,3-4H2,(H2,11,13). The average molecular weight is 249 g/mol. The fourth-order valence-electron chi connectivity index (χ4n) is 1.64. The predicted molar refractivity (Wildman–Crippen MR) is 63.7 cm³/mol. The summed E-state index contributed by atoms with van der Waals surface area (Å²) in [5, 5.41) is 12.4. The first-order valence-electron chi connectivity index (χ1n) is 5.29. The van der Waals surface area contributed by atoms with Gasteiger partial charge >= 0.3 is 0 Å². The highest BCUT2D eigenvalue weighted by atomic mass is 32.1. The third-order valence-electron chi connectivity index (χ3n) is 2.70. The van der Waals surface area contributed by atoms with Crippen LogP contribution in [0.3, 0.4) is 0 Å². The van der Waals surface area contributed by atoms with Crippen LogP contribution >= 0.6 is 11.5 Å². The summed E-state index contributed by atoms with van der Waals surface area (Å²) in [7, 11) is 0. The van der Waals surface area contributed by atoms with Crippen molar-refractivity contribution in [3.05, 3.63) is 29.8 Å². The third kappa shape index (κ3) is 1.78. The van der Waals surface area contributed by atoms with Gasteiger partial charge in [0.1, 0.15) is 5.82 Å². The predicted octanol–water partition coefficient (Wildman–Crippen LogP) is 1.30. The number of nitrogens with zero attached hydrogens (tertiary/aromatic N) is 4. The van der Waals surface area contributed by atoms with Crippen molar-refractivity contribution in [2.75, 3.05) is 0 Å². The molecule has 1 aliphatic carbocycles. The number of nitrogens with two attached hydrogens (primary N) is 1. The van der Waals surface area contributed by atoms with Crippen LogP contribution in [-0.2, 0) is 0 Å². The first-order chi connectivity index (χ1) is 8.29. The fraction of sp³-hybridized carbons (Fsp3) is 0.300. The molecule has 1 aliphatic rings. The summed E-state index contributed by atoms with van der Waals surface area (Å²) in [4.78, 5) is 4.47. The minimum atomic E-state index is 0.0678. The van der Waals surface area contributed by atoms with Gasteiger partial charge in [-0.05, 0) is 25.0 Å². The van der Waals surface area contributed by atoms with Gasteiger partial charge in [0.2, 0.25) is 5.13 Å². The molecule has 2 heterocycles. The Hall–Kier alpha value is -1.89. The molecule has 0 bridgehead atoms. The highest BCUT2D eigenvalue weighted by Crippen LogP contribution is 2.39. The summed E-state index contributed by atoms with van der Waals surface area (Å²) in [6.07, 6.45) is 4.18. The van der Waals surface area contributed by atoms with E-state index in [1.807, 2.05) is 12.3 Å². The summed E-state index contributed by atoms with van der Waals surface area (Å²) in [6.45, 7) is 0. The topological polar surface area (TPSA) is 89.3 Å². The molecule has 7 heteroatoms. The van der Waals surface area contributed by atoms with Gasteiger partial charge in [-0.3, -0.25) is 4.57 Å². The van der Waals surface area contributed by atoms with Crippen LogP contribution in [0.15, 0.2) is 23.5 Å². The Bertz CT molecular complexity index is 569. The van der Waals surface area contributed by atoms with Gasteiger partial charge in [-0.15, -0.1) is 0 Å². The van der Waals surface area contributed by atoms with Crippen molar-refractivity contribution in [1.82, 2.24) is 13.9 Å². The lowest BCUT2D eigenvalue weighted by Crippen LogP contribution is -2.17. The van der Waals surface area contributed by atoms with Crippen LogP contribution in [0, 0.1) is 0 Å². The molecule has 1 saturated carbocycles. The van der Waals surface area contributed by atoms with Gasteiger partial charge in [-0.25, -0.2) is 4.98 Å². The molecular formula is C10H11N5OS. The molecule has 0 radical (unpaired) electrons. The van der Waals surface area contributed by atoms with Crippen LogP contribution < -0.4 is 5.73 Å². The fourth-order valence-corrected chi connectivity index (χ4v) is 2.39. The van der Waals surface area contributed by atoms with Gasteiger partial charge in [0.15, 0.2) is 5.84 Å². The molecule has 0 spiro atoms. The summed E-state index contributed by atoms with van der Waals surface area (Å²) in [5.41, 5.74) is 6.21. The van der Waals surface area contributed by atoms with Gasteiger partial charge in [-0.2, -0.15) is 4.37 Å². The van der Waals surface area contributed by atoms with Crippen LogP contribution in [-0.4, -0.2) is 25.0 Å². The van der Waals surface area contributed by atoms with Crippen molar-refractivity contribution in [2.24, 2.45) is 10.9 Å². The molecular weight excluding hydrogens is 238 g/mol. The summed E-state index contributed by atoms with van der Waals surface area (Å²) >= 11 is 1.33. The Morgan fingerprint density at radius 2 is 2.41 bits per heavy atom. The SMILES string of the molecule is N/C(=N/O)c1cccn1-c1nc(C2CC2)ns1. The first kappa shape index (κ1) is 10.3. The lowest BCUT2D eigenvalue weighted by molar-refractivity contribution is 0.318. The molecule has 0 aromatic carbocycles. The number of aromatic nitrogens is 3. The smallest absolute Gasteiger partial charge is 0.214 e. The largest absolute Gasteiger partial charge is 0.409 e. The Morgan fingerprint density at radius 3 is 3.12 bits per heavy atom. The van der Waals surface area contributed by atoms with Gasteiger partial charge in [0.25, 0.3) is 0 Å². The van der Waals surface area contributed by atoms with Crippen LogP contribution in [0.2, 0.25) is 0 Å². The molecule has 17 heavy (non-hydrogen) atoms. The minimum Gasteiger partial charge on any atom is -0.409 e. The molecule has 0 atom stereocenters. The van der Waals surface area contributed by atoms with E-state index >= 15 is 0 Å².